The highest BCUT2D eigenvalue weighted by atomic mass is 33.1. The molecule has 1 aromatic rings. The van der Waals surface area contributed by atoms with Gasteiger partial charge in [0.2, 0.25) is 0 Å². The highest BCUT2D eigenvalue weighted by Crippen LogP contribution is 2.35. The van der Waals surface area contributed by atoms with Crippen molar-refractivity contribution in [2.45, 2.75) is 38.2 Å². The number of benzene rings is 1. The summed E-state index contributed by atoms with van der Waals surface area (Å²) in [5.74, 6) is -0.862. The van der Waals surface area contributed by atoms with Crippen LogP contribution in [-0.4, -0.2) is 45.7 Å². The molecule has 1 N–H and O–H groups in total. The Morgan fingerprint density at radius 2 is 2.04 bits per heavy atom. The number of carboxylic acid groups (broad SMARTS) is 1. The minimum absolute atomic E-state index is 0.0161. The van der Waals surface area contributed by atoms with Gasteiger partial charge in [0.15, 0.2) is 0 Å². The van der Waals surface area contributed by atoms with Gasteiger partial charge < -0.3 is 9.84 Å². The van der Waals surface area contributed by atoms with Crippen molar-refractivity contribution >= 4 is 39.3 Å². The number of ether oxygens (including phenoxy) is 1. The van der Waals surface area contributed by atoms with Gasteiger partial charge in [-0.1, -0.05) is 71.7 Å². The van der Waals surface area contributed by atoms with E-state index in [1.165, 1.54) is 17.8 Å². The summed E-state index contributed by atoms with van der Waals surface area (Å²) in [5, 5.41) is 12.9. The van der Waals surface area contributed by atoms with Crippen molar-refractivity contribution in [1.29, 1.82) is 0 Å². The Morgan fingerprint density at radius 1 is 1.38 bits per heavy atom. The predicted octanol–water partition coefficient (Wildman–Crippen LogP) is 4.83. The van der Waals surface area contributed by atoms with Crippen LogP contribution in [0.1, 0.15) is 26.3 Å². The number of amides is 1. The third-order valence-corrected chi connectivity index (χ3v) is 6.40. The van der Waals surface area contributed by atoms with Crippen molar-refractivity contribution in [3.8, 4) is 0 Å². The van der Waals surface area contributed by atoms with Crippen molar-refractivity contribution in [3.63, 3.8) is 0 Å². The maximum atomic E-state index is 12.2. The van der Waals surface area contributed by atoms with Gasteiger partial charge in [-0.15, -0.1) is 0 Å². The zero-order valence-electron chi connectivity index (χ0n) is 15.1. The van der Waals surface area contributed by atoms with Crippen LogP contribution in [0.25, 0.3) is 10.4 Å². The quantitative estimate of drug-likeness (QED) is 0.290. The molecule has 0 aliphatic rings. The molecular formula is C16H22N4O4S2. The Hall–Kier alpha value is -2.03. The van der Waals surface area contributed by atoms with E-state index in [1.54, 1.807) is 35.1 Å². The SMILES string of the molecule is CN(C(=O)OCc1ccccc1N=[N+]=[N-])[C@@H](CSSC(C)(C)C)C(=O)O. The molecule has 0 saturated heterocycles. The maximum absolute atomic E-state index is 12.2. The number of aliphatic carboxylic acids is 1. The van der Waals surface area contributed by atoms with E-state index >= 15 is 0 Å². The Morgan fingerprint density at radius 3 is 2.62 bits per heavy atom. The predicted molar refractivity (Wildman–Crippen MR) is 104 cm³/mol. The van der Waals surface area contributed by atoms with Crippen LogP contribution in [-0.2, 0) is 16.1 Å². The molecule has 0 aromatic heterocycles. The van der Waals surface area contributed by atoms with Crippen LogP contribution in [0.15, 0.2) is 29.4 Å². The van der Waals surface area contributed by atoms with E-state index in [1.807, 2.05) is 20.8 Å². The maximum Gasteiger partial charge on any atom is 0.410 e. The molecule has 0 saturated carbocycles. The second kappa shape index (κ2) is 10.2. The van der Waals surface area contributed by atoms with E-state index in [0.717, 1.165) is 4.90 Å². The van der Waals surface area contributed by atoms with E-state index < -0.39 is 18.1 Å². The van der Waals surface area contributed by atoms with Crippen LogP contribution in [0.2, 0.25) is 0 Å². The summed E-state index contributed by atoms with van der Waals surface area (Å²) in [5.41, 5.74) is 9.45. The van der Waals surface area contributed by atoms with E-state index in [9.17, 15) is 14.7 Å². The molecule has 0 spiro atoms. The molecule has 142 valence electrons. The molecule has 0 fully saturated rings. The summed E-state index contributed by atoms with van der Waals surface area (Å²) in [6.07, 6.45) is -0.755. The van der Waals surface area contributed by atoms with Gasteiger partial charge in [-0.3, -0.25) is 4.90 Å². The summed E-state index contributed by atoms with van der Waals surface area (Å²) >= 11 is 0. The second-order valence-electron chi connectivity index (χ2n) is 6.32. The largest absolute Gasteiger partial charge is 0.480 e. The molecule has 0 aliphatic carbocycles. The molecule has 0 bridgehead atoms. The van der Waals surface area contributed by atoms with E-state index in [4.69, 9.17) is 10.3 Å². The van der Waals surface area contributed by atoms with Crippen LogP contribution in [0, 0.1) is 0 Å². The Kier molecular flexibility index (Phi) is 8.64. The molecule has 1 aromatic carbocycles. The lowest BCUT2D eigenvalue weighted by atomic mass is 10.2. The zero-order valence-corrected chi connectivity index (χ0v) is 16.7. The second-order valence-corrected chi connectivity index (χ2v) is 9.49. The van der Waals surface area contributed by atoms with Gasteiger partial charge in [0, 0.05) is 28.1 Å². The first-order valence-corrected chi connectivity index (χ1v) is 10.0. The lowest BCUT2D eigenvalue weighted by Gasteiger charge is -2.25. The Bertz CT molecular complexity index is 687. The molecule has 0 radical (unpaired) electrons. The molecule has 0 unspecified atom stereocenters. The van der Waals surface area contributed by atoms with Gasteiger partial charge >= 0.3 is 12.1 Å². The molecule has 26 heavy (non-hydrogen) atoms. The smallest absolute Gasteiger partial charge is 0.410 e. The van der Waals surface area contributed by atoms with Crippen molar-refractivity contribution < 1.29 is 19.4 Å². The van der Waals surface area contributed by atoms with Crippen molar-refractivity contribution in [2.24, 2.45) is 5.11 Å². The summed E-state index contributed by atoms with van der Waals surface area (Å²) < 4.78 is 5.16. The topological polar surface area (TPSA) is 116 Å². The molecule has 1 rings (SSSR count). The number of carboxylic acids is 1. The minimum atomic E-state index is -1.10. The Balaban J connectivity index is 2.69. The van der Waals surface area contributed by atoms with Crippen LogP contribution >= 0.6 is 21.6 Å². The summed E-state index contributed by atoms with van der Waals surface area (Å²) in [7, 11) is 4.34. The number of carbonyl (C=O) groups is 2. The number of likely N-dealkylation sites (N-methyl/N-ethyl adjacent to an activating group) is 1. The first-order chi connectivity index (χ1) is 12.2. The molecular weight excluding hydrogens is 376 g/mol. The van der Waals surface area contributed by atoms with Crippen molar-refractivity contribution in [3.05, 3.63) is 40.3 Å². The minimum Gasteiger partial charge on any atom is -0.480 e. The lowest BCUT2D eigenvalue weighted by Crippen LogP contribution is -2.44. The molecule has 8 nitrogen and oxygen atoms in total. The summed E-state index contributed by atoms with van der Waals surface area (Å²) in [6.45, 7) is 5.97. The Labute approximate surface area is 160 Å². The highest BCUT2D eigenvalue weighted by molar-refractivity contribution is 8.77. The van der Waals surface area contributed by atoms with Gasteiger partial charge in [0.05, 0.1) is 0 Å². The van der Waals surface area contributed by atoms with E-state index in [0.29, 0.717) is 11.3 Å². The number of hydrogen-bond acceptors (Lipinski definition) is 6. The number of carbonyl (C=O) groups excluding carboxylic acids is 1. The molecule has 1 atom stereocenters. The van der Waals surface area contributed by atoms with E-state index in [2.05, 4.69) is 10.0 Å². The molecule has 0 aliphatic heterocycles. The van der Waals surface area contributed by atoms with E-state index in [-0.39, 0.29) is 17.1 Å². The normalized spacial score (nSPS) is 12.0. The fourth-order valence-corrected chi connectivity index (χ4v) is 4.34. The van der Waals surface area contributed by atoms with Gasteiger partial charge in [-0.05, 0) is 11.1 Å². The lowest BCUT2D eigenvalue weighted by molar-refractivity contribution is -0.141. The van der Waals surface area contributed by atoms with Crippen molar-refractivity contribution in [2.75, 3.05) is 12.8 Å². The third-order valence-electron chi connectivity index (χ3n) is 3.07. The average Bonchev–Trinajstić information content (AvgIpc) is 2.56. The van der Waals surface area contributed by atoms with Gasteiger partial charge in [0.1, 0.15) is 12.6 Å². The summed E-state index contributed by atoms with van der Waals surface area (Å²) in [6, 6.07) is 5.69. The third kappa shape index (κ3) is 7.47. The number of hydrogen-bond donors (Lipinski definition) is 1. The van der Waals surface area contributed by atoms with Crippen LogP contribution < -0.4 is 0 Å². The van der Waals surface area contributed by atoms with Crippen molar-refractivity contribution in [1.82, 2.24) is 4.90 Å². The highest BCUT2D eigenvalue weighted by Gasteiger charge is 2.28. The van der Waals surface area contributed by atoms with Crippen LogP contribution in [0.4, 0.5) is 10.5 Å². The number of nitrogens with zero attached hydrogens (tertiary/aromatic N) is 4. The number of rotatable bonds is 8. The van der Waals surface area contributed by atoms with Crippen LogP contribution in [0.5, 0.6) is 0 Å². The first kappa shape index (κ1) is 22.0. The molecule has 1 amide bonds. The fraction of sp³-hybridized carbons (Fsp3) is 0.500. The first-order valence-electron chi connectivity index (χ1n) is 7.71. The van der Waals surface area contributed by atoms with Gasteiger partial charge in [-0.2, -0.15) is 0 Å². The molecule has 10 heteroatoms. The van der Waals surface area contributed by atoms with Crippen LogP contribution in [0.3, 0.4) is 0 Å². The van der Waals surface area contributed by atoms with Gasteiger partial charge in [0.25, 0.3) is 0 Å². The average molecular weight is 399 g/mol. The number of azide groups is 1. The zero-order chi connectivity index (χ0) is 19.7. The summed E-state index contributed by atoms with van der Waals surface area (Å²) in [4.78, 5) is 27.5. The molecule has 0 heterocycles. The van der Waals surface area contributed by atoms with Gasteiger partial charge in [-0.25, -0.2) is 9.59 Å². The standard InChI is InChI=1S/C16H22N4O4S2/c1-16(2,3)26-25-10-13(14(21)22)20(4)15(23)24-9-11-7-5-6-8-12(11)18-19-17/h5-8,13H,9-10H2,1-4H3,(H,21,22)/t13-/m0/s1. The monoisotopic (exact) mass is 398 g/mol. The fourth-order valence-electron chi connectivity index (χ4n) is 1.77.